The molecule has 0 unspecified atom stereocenters. The molecule has 3 heterocycles. The van der Waals surface area contributed by atoms with Gasteiger partial charge in [0.05, 0.1) is 6.54 Å². The maximum absolute atomic E-state index is 13.6. The number of ether oxygens (including phenoxy) is 1. The molecule has 1 aliphatic heterocycles. The minimum Gasteiger partial charge on any atom is -0.474 e. The lowest BCUT2D eigenvalue weighted by atomic mass is 10.2. The predicted molar refractivity (Wildman–Crippen MR) is 106 cm³/mol. The molecule has 1 amide bonds. The van der Waals surface area contributed by atoms with Crippen molar-refractivity contribution in [1.29, 1.82) is 0 Å². The molecule has 3 aromatic rings. The van der Waals surface area contributed by atoms with E-state index >= 15 is 0 Å². The Morgan fingerprint density at radius 1 is 1.25 bits per heavy atom. The van der Waals surface area contributed by atoms with E-state index in [4.69, 9.17) is 4.74 Å². The fourth-order valence-electron chi connectivity index (χ4n) is 3.88. The summed E-state index contributed by atoms with van der Waals surface area (Å²) in [4.78, 5) is 18.1. The Bertz CT molecular complexity index is 1030. The van der Waals surface area contributed by atoms with Crippen LogP contribution in [0.3, 0.4) is 0 Å². The fraction of sp³-hybridized carbons (Fsp3) is 0.364. The van der Waals surface area contributed by atoms with Crippen LogP contribution in [0.15, 0.2) is 36.5 Å². The van der Waals surface area contributed by atoms with Gasteiger partial charge in [-0.3, -0.25) is 4.79 Å². The molecule has 5 nitrogen and oxygen atoms in total. The molecule has 0 saturated carbocycles. The maximum atomic E-state index is 13.6. The highest BCUT2D eigenvalue weighted by molar-refractivity contribution is 5.89. The summed E-state index contributed by atoms with van der Waals surface area (Å²) in [6, 6.07) is 8.62. The molecule has 0 aliphatic carbocycles. The van der Waals surface area contributed by atoms with Crippen molar-refractivity contribution >= 4 is 16.8 Å². The number of nitrogens with zero attached hydrogens (tertiary/aromatic N) is 3. The Balaban J connectivity index is 1.63. The molecular weight excluding hydrogens is 357 g/mol. The molecule has 146 valence electrons. The van der Waals surface area contributed by atoms with E-state index in [1.165, 1.54) is 6.07 Å². The largest absolute Gasteiger partial charge is 0.474 e. The Kier molecular flexibility index (Phi) is 5.03. The summed E-state index contributed by atoms with van der Waals surface area (Å²) in [6.07, 6.45) is 3.29. The molecule has 1 aliphatic rings. The number of amides is 1. The third-order valence-corrected chi connectivity index (χ3v) is 5.51. The number of carbonyl (C=O) groups excluding carboxylic acids is 1. The van der Waals surface area contributed by atoms with E-state index in [-0.39, 0.29) is 11.7 Å². The molecule has 2 aromatic heterocycles. The molecule has 1 aromatic carbocycles. The number of halogens is 1. The Morgan fingerprint density at radius 3 is 2.86 bits per heavy atom. The lowest BCUT2D eigenvalue weighted by Gasteiger charge is -2.16. The lowest BCUT2D eigenvalue weighted by molar-refractivity contribution is -0.128. The van der Waals surface area contributed by atoms with E-state index in [1.807, 2.05) is 17.0 Å². The highest BCUT2D eigenvalue weighted by atomic mass is 19.1. The summed E-state index contributed by atoms with van der Waals surface area (Å²) in [5.41, 5.74) is 4.06. The van der Waals surface area contributed by atoms with E-state index in [2.05, 4.69) is 23.4 Å². The third-order valence-electron chi connectivity index (χ3n) is 5.51. The van der Waals surface area contributed by atoms with Crippen LogP contribution in [0.25, 0.3) is 10.9 Å². The van der Waals surface area contributed by atoms with Crippen LogP contribution in [0.1, 0.15) is 29.7 Å². The van der Waals surface area contributed by atoms with Gasteiger partial charge >= 0.3 is 0 Å². The van der Waals surface area contributed by atoms with Crippen LogP contribution in [0.5, 0.6) is 5.88 Å². The van der Waals surface area contributed by atoms with Crippen LogP contribution in [-0.4, -0.2) is 40.1 Å². The van der Waals surface area contributed by atoms with Gasteiger partial charge in [0.25, 0.3) is 0 Å². The van der Waals surface area contributed by atoms with Gasteiger partial charge in [-0.15, -0.1) is 0 Å². The summed E-state index contributed by atoms with van der Waals surface area (Å²) < 4.78 is 21.8. The van der Waals surface area contributed by atoms with Gasteiger partial charge in [-0.25, -0.2) is 9.37 Å². The van der Waals surface area contributed by atoms with Crippen LogP contribution in [0.2, 0.25) is 0 Å². The SMILES string of the molecule is Cc1c(C)n(Cc2cccc(F)c2)c2c(OCCN3CCCC3=O)nccc12. The van der Waals surface area contributed by atoms with Crippen molar-refractivity contribution in [2.45, 2.75) is 33.2 Å². The van der Waals surface area contributed by atoms with Gasteiger partial charge in [0.15, 0.2) is 0 Å². The highest BCUT2D eigenvalue weighted by Gasteiger charge is 2.21. The van der Waals surface area contributed by atoms with Crippen LogP contribution in [0, 0.1) is 19.7 Å². The first-order valence-corrected chi connectivity index (χ1v) is 9.64. The summed E-state index contributed by atoms with van der Waals surface area (Å²) in [6.45, 7) is 6.45. The smallest absolute Gasteiger partial charge is 0.238 e. The van der Waals surface area contributed by atoms with E-state index in [0.29, 0.717) is 32.0 Å². The number of rotatable bonds is 6. The summed E-state index contributed by atoms with van der Waals surface area (Å²) in [5.74, 6) is 0.501. The Morgan fingerprint density at radius 2 is 2.11 bits per heavy atom. The number of aryl methyl sites for hydroxylation is 1. The molecule has 0 bridgehead atoms. The normalized spacial score (nSPS) is 14.2. The van der Waals surface area contributed by atoms with Gasteiger partial charge in [-0.2, -0.15) is 0 Å². The lowest BCUT2D eigenvalue weighted by Crippen LogP contribution is -2.29. The molecule has 4 rings (SSSR count). The number of hydrogen-bond acceptors (Lipinski definition) is 3. The standard InChI is InChI=1S/C22H24FN3O2/c1-15-16(2)26(14-17-5-3-6-18(23)13-17)21-19(15)8-9-24-22(21)28-12-11-25-10-4-7-20(25)27/h3,5-6,8-9,13H,4,7,10-12,14H2,1-2H3. The van der Waals surface area contributed by atoms with Crippen LogP contribution >= 0.6 is 0 Å². The molecule has 28 heavy (non-hydrogen) atoms. The van der Waals surface area contributed by atoms with Crippen molar-refractivity contribution < 1.29 is 13.9 Å². The van der Waals surface area contributed by atoms with Gasteiger partial charge < -0.3 is 14.2 Å². The van der Waals surface area contributed by atoms with E-state index < -0.39 is 0 Å². The number of hydrogen-bond donors (Lipinski definition) is 0. The number of aromatic nitrogens is 2. The molecule has 0 atom stereocenters. The number of carbonyl (C=O) groups is 1. The van der Waals surface area contributed by atoms with Gasteiger partial charge in [0.1, 0.15) is 17.9 Å². The fourth-order valence-corrected chi connectivity index (χ4v) is 3.88. The first-order chi connectivity index (χ1) is 13.5. The third kappa shape index (κ3) is 3.46. The van der Waals surface area contributed by atoms with Crippen molar-refractivity contribution in [2.75, 3.05) is 19.7 Å². The monoisotopic (exact) mass is 381 g/mol. The number of likely N-dealkylation sites (tertiary alicyclic amines) is 1. The maximum Gasteiger partial charge on any atom is 0.238 e. The molecular formula is C22H24FN3O2. The van der Waals surface area contributed by atoms with Crippen LogP contribution in [-0.2, 0) is 11.3 Å². The second-order valence-corrected chi connectivity index (χ2v) is 7.27. The van der Waals surface area contributed by atoms with Crippen molar-refractivity contribution in [3.63, 3.8) is 0 Å². The average Bonchev–Trinajstić information content (AvgIpc) is 3.19. The number of fused-ring (bicyclic) bond motifs is 1. The van der Waals surface area contributed by atoms with Crippen LogP contribution < -0.4 is 4.74 Å². The molecule has 0 spiro atoms. The molecule has 6 heteroatoms. The topological polar surface area (TPSA) is 47.4 Å². The number of benzene rings is 1. The minimum atomic E-state index is -0.242. The average molecular weight is 381 g/mol. The first-order valence-electron chi connectivity index (χ1n) is 9.64. The van der Waals surface area contributed by atoms with E-state index in [0.717, 1.165) is 40.7 Å². The van der Waals surface area contributed by atoms with Crippen LogP contribution in [0.4, 0.5) is 4.39 Å². The van der Waals surface area contributed by atoms with Crippen molar-refractivity contribution in [2.24, 2.45) is 0 Å². The molecule has 1 saturated heterocycles. The molecule has 0 radical (unpaired) electrons. The highest BCUT2D eigenvalue weighted by Crippen LogP contribution is 2.31. The zero-order valence-electron chi connectivity index (χ0n) is 16.2. The zero-order valence-corrected chi connectivity index (χ0v) is 16.2. The minimum absolute atomic E-state index is 0.191. The number of pyridine rings is 1. The van der Waals surface area contributed by atoms with Gasteiger partial charge in [-0.1, -0.05) is 12.1 Å². The van der Waals surface area contributed by atoms with E-state index in [9.17, 15) is 9.18 Å². The predicted octanol–water partition coefficient (Wildman–Crippen LogP) is 3.84. The molecule has 1 fully saturated rings. The Hall–Kier alpha value is -2.89. The van der Waals surface area contributed by atoms with Crippen molar-refractivity contribution in [1.82, 2.24) is 14.5 Å². The zero-order chi connectivity index (χ0) is 19.7. The van der Waals surface area contributed by atoms with Gasteiger partial charge in [0, 0.05) is 36.8 Å². The van der Waals surface area contributed by atoms with E-state index in [1.54, 1.807) is 18.3 Å². The van der Waals surface area contributed by atoms with Gasteiger partial charge in [0.2, 0.25) is 11.8 Å². The second-order valence-electron chi connectivity index (χ2n) is 7.27. The second kappa shape index (κ2) is 7.62. The summed E-state index contributed by atoms with van der Waals surface area (Å²) in [7, 11) is 0. The van der Waals surface area contributed by atoms with Gasteiger partial charge in [-0.05, 0) is 49.6 Å². The summed E-state index contributed by atoms with van der Waals surface area (Å²) >= 11 is 0. The first kappa shape index (κ1) is 18.5. The Labute approximate surface area is 163 Å². The molecule has 0 N–H and O–H groups in total. The quantitative estimate of drug-likeness (QED) is 0.652. The van der Waals surface area contributed by atoms with Crippen molar-refractivity contribution in [3.8, 4) is 5.88 Å². The summed E-state index contributed by atoms with van der Waals surface area (Å²) in [5, 5.41) is 1.08. The van der Waals surface area contributed by atoms with Crippen molar-refractivity contribution in [3.05, 3.63) is 59.2 Å².